The predicted molar refractivity (Wildman–Crippen MR) is 79.6 cm³/mol. The number of carbonyl (C=O) groups excluding carboxylic acids is 1. The molecular weight excluding hydrogens is 278 g/mol. The van der Waals surface area contributed by atoms with Gasteiger partial charge in [-0.05, 0) is 38.0 Å². The van der Waals surface area contributed by atoms with Gasteiger partial charge in [-0.25, -0.2) is 0 Å². The zero-order valence-electron chi connectivity index (χ0n) is 11.9. The Hall–Kier alpha value is -1.26. The van der Waals surface area contributed by atoms with Crippen LogP contribution in [-0.4, -0.2) is 32.3 Å². The third kappa shape index (κ3) is 3.64. The molecule has 4 nitrogen and oxygen atoms in total. The van der Waals surface area contributed by atoms with Gasteiger partial charge in [0, 0.05) is 25.2 Å². The van der Waals surface area contributed by atoms with Gasteiger partial charge >= 0.3 is 0 Å². The maximum atomic E-state index is 12.4. The molecule has 0 aliphatic carbocycles. The molecule has 1 atom stereocenters. The van der Waals surface area contributed by atoms with Crippen LogP contribution in [0.15, 0.2) is 18.2 Å². The lowest BCUT2D eigenvalue weighted by atomic mass is 10.1. The molecule has 20 heavy (non-hydrogen) atoms. The Labute approximate surface area is 124 Å². The normalized spacial score (nSPS) is 17.6. The number of hydrogen-bond acceptors (Lipinski definition) is 3. The summed E-state index contributed by atoms with van der Waals surface area (Å²) >= 11 is 6.02. The van der Waals surface area contributed by atoms with Gasteiger partial charge in [0.05, 0.1) is 12.2 Å². The summed E-state index contributed by atoms with van der Waals surface area (Å²) in [7, 11) is 1.67. The Bertz CT molecular complexity index is 478. The first kappa shape index (κ1) is 15.1. The average molecular weight is 298 g/mol. The van der Waals surface area contributed by atoms with Crippen molar-refractivity contribution >= 4 is 23.2 Å². The molecule has 2 rings (SSSR count). The molecule has 0 N–H and O–H groups in total. The molecule has 0 fully saturated rings. The van der Waals surface area contributed by atoms with E-state index >= 15 is 0 Å². The van der Waals surface area contributed by atoms with Crippen LogP contribution in [0.25, 0.3) is 0 Å². The smallest absolute Gasteiger partial charge is 0.227 e. The number of unbranched alkanes of at least 4 members (excludes halogenated alkanes) is 1. The van der Waals surface area contributed by atoms with Crippen molar-refractivity contribution in [2.45, 2.75) is 32.3 Å². The van der Waals surface area contributed by atoms with Crippen LogP contribution in [0.5, 0.6) is 5.75 Å². The van der Waals surface area contributed by atoms with Crippen molar-refractivity contribution in [3.8, 4) is 5.75 Å². The molecule has 0 aromatic heterocycles. The molecule has 1 aromatic rings. The number of halogens is 1. The van der Waals surface area contributed by atoms with E-state index in [0.717, 1.165) is 24.3 Å². The van der Waals surface area contributed by atoms with Gasteiger partial charge < -0.3 is 14.4 Å². The summed E-state index contributed by atoms with van der Waals surface area (Å²) in [5, 5.41) is 0.610. The molecule has 0 saturated heterocycles. The largest absolute Gasteiger partial charge is 0.487 e. The molecular formula is C15H20ClNO3. The number of carbonyl (C=O) groups is 1. The van der Waals surface area contributed by atoms with Gasteiger partial charge in [-0.3, -0.25) is 4.79 Å². The summed E-state index contributed by atoms with van der Waals surface area (Å²) in [5.41, 5.74) is 0.771. The first-order valence-electron chi connectivity index (χ1n) is 6.87. The zero-order chi connectivity index (χ0) is 14.5. The van der Waals surface area contributed by atoms with Gasteiger partial charge in [-0.1, -0.05) is 11.6 Å². The van der Waals surface area contributed by atoms with E-state index in [-0.39, 0.29) is 12.0 Å². The van der Waals surface area contributed by atoms with Crippen LogP contribution >= 0.6 is 11.6 Å². The number of methoxy groups -OCH3 is 1. The first-order chi connectivity index (χ1) is 9.61. The summed E-state index contributed by atoms with van der Waals surface area (Å²) in [4.78, 5) is 14.1. The molecule has 0 unspecified atom stereocenters. The van der Waals surface area contributed by atoms with E-state index in [9.17, 15) is 4.79 Å². The fraction of sp³-hybridized carbons (Fsp3) is 0.533. The zero-order valence-corrected chi connectivity index (χ0v) is 12.7. The molecule has 1 amide bonds. The second-order valence-electron chi connectivity index (χ2n) is 4.99. The average Bonchev–Trinajstić information content (AvgIpc) is 2.43. The Morgan fingerprint density at radius 1 is 1.50 bits per heavy atom. The highest BCUT2D eigenvalue weighted by Crippen LogP contribution is 2.36. The fourth-order valence-corrected chi connectivity index (χ4v) is 2.47. The monoisotopic (exact) mass is 297 g/mol. The number of amides is 1. The van der Waals surface area contributed by atoms with Gasteiger partial charge in [0.25, 0.3) is 0 Å². The van der Waals surface area contributed by atoms with E-state index in [1.807, 2.05) is 13.0 Å². The lowest BCUT2D eigenvalue weighted by molar-refractivity contribution is -0.119. The van der Waals surface area contributed by atoms with E-state index < -0.39 is 0 Å². The molecule has 0 radical (unpaired) electrons. The van der Waals surface area contributed by atoms with Gasteiger partial charge in [-0.2, -0.15) is 0 Å². The molecule has 5 heteroatoms. The quantitative estimate of drug-likeness (QED) is 0.783. The molecule has 0 spiro atoms. The Balaban J connectivity index is 2.08. The predicted octanol–water partition coefficient (Wildman–Crippen LogP) is 3.27. The van der Waals surface area contributed by atoms with Crippen molar-refractivity contribution in [2.24, 2.45) is 0 Å². The number of hydrogen-bond donors (Lipinski definition) is 0. The summed E-state index contributed by atoms with van der Waals surface area (Å²) in [6.45, 7) is 3.22. The number of nitrogens with zero attached hydrogens (tertiary/aromatic N) is 1. The topological polar surface area (TPSA) is 38.8 Å². The minimum Gasteiger partial charge on any atom is -0.487 e. The summed E-state index contributed by atoms with van der Waals surface area (Å²) in [5.74, 6) is 0.832. The standard InChI is InChI=1S/C15H20ClNO3/c1-11-10-17(15(18)5-3-4-8-19-2)13-9-12(16)6-7-14(13)20-11/h6-7,9,11H,3-5,8,10H2,1-2H3/t11-/m1/s1. The van der Waals surface area contributed by atoms with Crippen molar-refractivity contribution < 1.29 is 14.3 Å². The SMILES string of the molecule is COCCCCC(=O)N1C[C@@H](C)Oc2ccc(Cl)cc21. The van der Waals surface area contributed by atoms with Gasteiger partial charge in [0.1, 0.15) is 11.9 Å². The van der Waals surface area contributed by atoms with E-state index in [1.165, 1.54) is 0 Å². The molecule has 0 bridgehead atoms. The van der Waals surface area contributed by atoms with Crippen LogP contribution in [-0.2, 0) is 9.53 Å². The van der Waals surface area contributed by atoms with Crippen LogP contribution in [0.4, 0.5) is 5.69 Å². The summed E-state index contributed by atoms with van der Waals surface area (Å²) < 4.78 is 10.7. The molecule has 0 saturated carbocycles. The van der Waals surface area contributed by atoms with Crippen LogP contribution in [0.3, 0.4) is 0 Å². The number of anilines is 1. The van der Waals surface area contributed by atoms with Crippen molar-refractivity contribution in [3.63, 3.8) is 0 Å². The highest BCUT2D eigenvalue weighted by Gasteiger charge is 2.27. The number of rotatable bonds is 5. The summed E-state index contributed by atoms with van der Waals surface area (Å²) in [6.07, 6.45) is 2.23. The molecule has 1 heterocycles. The van der Waals surface area contributed by atoms with Crippen molar-refractivity contribution in [3.05, 3.63) is 23.2 Å². The van der Waals surface area contributed by atoms with Crippen molar-refractivity contribution in [1.82, 2.24) is 0 Å². The van der Waals surface area contributed by atoms with E-state index in [1.54, 1.807) is 24.1 Å². The first-order valence-corrected chi connectivity index (χ1v) is 7.25. The fourth-order valence-electron chi connectivity index (χ4n) is 2.30. The van der Waals surface area contributed by atoms with E-state index in [2.05, 4.69) is 0 Å². The third-order valence-corrected chi connectivity index (χ3v) is 3.50. The van der Waals surface area contributed by atoms with Crippen LogP contribution in [0, 0.1) is 0 Å². The van der Waals surface area contributed by atoms with Gasteiger partial charge in [0.15, 0.2) is 0 Å². The summed E-state index contributed by atoms with van der Waals surface area (Å²) in [6, 6.07) is 5.38. The molecule has 1 aliphatic heterocycles. The van der Waals surface area contributed by atoms with Gasteiger partial charge in [0.2, 0.25) is 5.91 Å². The van der Waals surface area contributed by atoms with Crippen LogP contribution in [0.2, 0.25) is 5.02 Å². The lowest BCUT2D eigenvalue weighted by Crippen LogP contribution is -2.42. The number of fused-ring (bicyclic) bond motifs is 1. The lowest BCUT2D eigenvalue weighted by Gasteiger charge is -2.33. The maximum Gasteiger partial charge on any atom is 0.227 e. The number of benzene rings is 1. The Kier molecular flexibility index (Phi) is 5.26. The molecule has 1 aliphatic rings. The second-order valence-corrected chi connectivity index (χ2v) is 5.43. The molecule has 1 aromatic carbocycles. The highest BCUT2D eigenvalue weighted by atomic mass is 35.5. The van der Waals surface area contributed by atoms with Crippen molar-refractivity contribution in [2.75, 3.05) is 25.2 Å². The van der Waals surface area contributed by atoms with Crippen molar-refractivity contribution in [1.29, 1.82) is 0 Å². The van der Waals surface area contributed by atoms with Crippen LogP contribution in [0.1, 0.15) is 26.2 Å². The second kappa shape index (κ2) is 6.95. The Morgan fingerprint density at radius 2 is 2.30 bits per heavy atom. The Morgan fingerprint density at radius 3 is 3.05 bits per heavy atom. The third-order valence-electron chi connectivity index (χ3n) is 3.27. The highest BCUT2D eigenvalue weighted by molar-refractivity contribution is 6.31. The van der Waals surface area contributed by atoms with Gasteiger partial charge in [-0.15, -0.1) is 0 Å². The number of ether oxygens (including phenoxy) is 2. The van der Waals surface area contributed by atoms with Crippen LogP contribution < -0.4 is 9.64 Å². The van der Waals surface area contributed by atoms with E-state index in [4.69, 9.17) is 21.1 Å². The minimum atomic E-state index is -0.00778. The maximum absolute atomic E-state index is 12.4. The molecule has 110 valence electrons. The minimum absolute atomic E-state index is 0.00778. The van der Waals surface area contributed by atoms with E-state index in [0.29, 0.717) is 24.6 Å².